The monoisotopic (exact) mass is 204 g/mol. The average Bonchev–Trinajstić information content (AvgIpc) is 2.98. The summed E-state index contributed by atoms with van der Waals surface area (Å²) in [6.45, 7) is 4.61. The maximum atomic E-state index is 4.44. The molecule has 1 aliphatic rings. The molecule has 1 aromatic heterocycles. The smallest absolute Gasteiger partial charge is 0.0447 e. The first-order chi connectivity index (χ1) is 7.24. The molecule has 4 atom stereocenters. The second kappa shape index (κ2) is 4.31. The van der Waals surface area contributed by atoms with E-state index in [0.29, 0.717) is 12.0 Å². The Morgan fingerprint density at radius 1 is 1.47 bits per heavy atom. The fourth-order valence-electron chi connectivity index (χ4n) is 2.52. The lowest BCUT2D eigenvalue weighted by Crippen LogP contribution is -2.33. The van der Waals surface area contributed by atoms with Gasteiger partial charge in [0.05, 0.1) is 0 Å². The van der Waals surface area contributed by atoms with Crippen LogP contribution in [0, 0.1) is 11.8 Å². The predicted molar refractivity (Wildman–Crippen MR) is 62.8 cm³/mol. The highest BCUT2D eigenvalue weighted by Gasteiger charge is 2.41. The van der Waals surface area contributed by atoms with Crippen molar-refractivity contribution >= 4 is 0 Å². The van der Waals surface area contributed by atoms with Crippen LogP contribution >= 0.6 is 0 Å². The van der Waals surface area contributed by atoms with Crippen molar-refractivity contribution in [1.29, 1.82) is 0 Å². The summed E-state index contributed by atoms with van der Waals surface area (Å²) in [6.07, 6.45) is 3.25. The fraction of sp³-hybridized carbons (Fsp3) is 0.615. The quantitative estimate of drug-likeness (QED) is 0.814. The predicted octanol–water partition coefficient (Wildman–Crippen LogP) is 2.43. The average molecular weight is 204 g/mol. The summed E-state index contributed by atoms with van der Waals surface area (Å²) in [5.74, 6) is 2.23. The molecule has 82 valence electrons. The van der Waals surface area contributed by atoms with Crippen molar-refractivity contribution in [2.24, 2.45) is 11.8 Å². The molecule has 0 spiro atoms. The zero-order valence-corrected chi connectivity index (χ0v) is 9.77. The van der Waals surface area contributed by atoms with E-state index >= 15 is 0 Å². The lowest BCUT2D eigenvalue weighted by atomic mass is 9.93. The van der Waals surface area contributed by atoms with Crippen LogP contribution in [-0.4, -0.2) is 18.1 Å². The van der Waals surface area contributed by atoms with Gasteiger partial charge in [0.25, 0.3) is 0 Å². The van der Waals surface area contributed by atoms with Gasteiger partial charge in [-0.25, -0.2) is 0 Å². The minimum Gasteiger partial charge on any atom is -0.316 e. The van der Waals surface area contributed by atoms with Crippen LogP contribution in [0.3, 0.4) is 0 Å². The molecule has 2 heteroatoms. The molecule has 1 aliphatic carbocycles. The van der Waals surface area contributed by atoms with Gasteiger partial charge in [0.15, 0.2) is 0 Å². The molecule has 0 saturated heterocycles. The second-order valence-corrected chi connectivity index (χ2v) is 4.73. The number of nitrogens with zero attached hydrogens (tertiary/aromatic N) is 1. The summed E-state index contributed by atoms with van der Waals surface area (Å²) in [5.41, 5.74) is 1.20. The molecule has 0 bridgehead atoms. The van der Waals surface area contributed by atoms with Crippen LogP contribution < -0.4 is 5.32 Å². The summed E-state index contributed by atoms with van der Waals surface area (Å²) >= 11 is 0. The van der Waals surface area contributed by atoms with Gasteiger partial charge in [0.2, 0.25) is 0 Å². The number of hydrogen-bond donors (Lipinski definition) is 1. The van der Waals surface area contributed by atoms with Crippen molar-refractivity contribution in [3.63, 3.8) is 0 Å². The zero-order valence-electron chi connectivity index (χ0n) is 9.77. The van der Waals surface area contributed by atoms with E-state index in [1.165, 1.54) is 12.1 Å². The Hall–Kier alpha value is -0.890. The van der Waals surface area contributed by atoms with Gasteiger partial charge in [-0.3, -0.25) is 4.98 Å². The largest absolute Gasteiger partial charge is 0.316 e. The van der Waals surface area contributed by atoms with Gasteiger partial charge >= 0.3 is 0 Å². The molecule has 1 saturated carbocycles. The molecular formula is C13H20N2. The van der Waals surface area contributed by atoms with E-state index < -0.39 is 0 Å². The van der Waals surface area contributed by atoms with Gasteiger partial charge in [-0.1, -0.05) is 19.9 Å². The summed E-state index contributed by atoms with van der Waals surface area (Å²) in [7, 11) is 2.06. The third kappa shape index (κ3) is 2.20. The molecular weight excluding hydrogens is 184 g/mol. The SMILES string of the molecule is CNC(C(C)c1ccccn1)C1CC1C. The number of likely N-dealkylation sites (N-methyl/N-ethyl adjacent to an activating group) is 1. The topological polar surface area (TPSA) is 24.9 Å². The van der Waals surface area contributed by atoms with Crippen LogP contribution in [-0.2, 0) is 0 Å². The van der Waals surface area contributed by atoms with Gasteiger partial charge in [0, 0.05) is 23.9 Å². The molecule has 0 aliphatic heterocycles. The van der Waals surface area contributed by atoms with Crippen LogP contribution in [0.15, 0.2) is 24.4 Å². The van der Waals surface area contributed by atoms with Gasteiger partial charge < -0.3 is 5.32 Å². The first-order valence-electron chi connectivity index (χ1n) is 5.82. The first kappa shape index (κ1) is 10.6. The molecule has 0 amide bonds. The lowest BCUT2D eigenvalue weighted by Gasteiger charge is -2.23. The van der Waals surface area contributed by atoms with E-state index in [1.54, 1.807) is 0 Å². The maximum Gasteiger partial charge on any atom is 0.0447 e. The molecule has 1 heterocycles. The van der Waals surface area contributed by atoms with Crippen LogP contribution in [0.25, 0.3) is 0 Å². The summed E-state index contributed by atoms with van der Waals surface area (Å²) in [4.78, 5) is 4.44. The highest BCUT2D eigenvalue weighted by atomic mass is 14.9. The Kier molecular flexibility index (Phi) is 3.06. The standard InChI is InChI=1S/C13H20N2/c1-9-8-11(9)13(14-3)10(2)12-6-4-5-7-15-12/h4-7,9-11,13-14H,8H2,1-3H3. The molecule has 4 unspecified atom stereocenters. The van der Waals surface area contributed by atoms with Crippen molar-refractivity contribution in [2.75, 3.05) is 7.05 Å². The minimum absolute atomic E-state index is 0.506. The molecule has 2 rings (SSSR count). The van der Waals surface area contributed by atoms with E-state index in [0.717, 1.165) is 11.8 Å². The van der Waals surface area contributed by atoms with Gasteiger partial charge in [-0.05, 0) is 37.4 Å². The second-order valence-electron chi connectivity index (χ2n) is 4.73. The molecule has 0 radical (unpaired) electrons. The maximum absolute atomic E-state index is 4.44. The van der Waals surface area contributed by atoms with E-state index in [9.17, 15) is 0 Å². The molecule has 0 aromatic carbocycles. The highest BCUT2D eigenvalue weighted by molar-refractivity contribution is 5.13. The Labute approximate surface area is 92.1 Å². The first-order valence-corrected chi connectivity index (χ1v) is 5.82. The fourth-order valence-corrected chi connectivity index (χ4v) is 2.52. The normalized spacial score (nSPS) is 28.5. The van der Waals surface area contributed by atoms with Gasteiger partial charge in [-0.15, -0.1) is 0 Å². The molecule has 1 fully saturated rings. The molecule has 2 nitrogen and oxygen atoms in total. The highest BCUT2D eigenvalue weighted by Crippen LogP contribution is 2.44. The van der Waals surface area contributed by atoms with Crippen molar-refractivity contribution in [1.82, 2.24) is 10.3 Å². The van der Waals surface area contributed by atoms with E-state index in [-0.39, 0.29) is 0 Å². The van der Waals surface area contributed by atoms with Crippen LogP contribution in [0.4, 0.5) is 0 Å². The summed E-state index contributed by atoms with van der Waals surface area (Å²) in [6, 6.07) is 6.75. The molecule has 1 aromatic rings. The number of nitrogens with one attached hydrogen (secondary N) is 1. The minimum atomic E-state index is 0.506. The van der Waals surface area contributed by atoms with Crippen molar-refractivity contribution in [2.45, 2.75) is 32.2 Å². The Balaban J connectivity index is 2.08. The third-order valence-electron chi connectivity index (χ3n) is 3.66. The Morgan fingerprint density at radius 3 is 2.67 bits per heavy atom. The number of hydrogen-bond acceptors (Lipinski definition) is 2. The molecule has 15 heavy (non-hydrogen) atoms. The summed E-state index contributed by atoms with van der Waals surface area (Å²) in [5, 5.41) is 3.45. The number of pyridine rings is 1. The van der Waals surface area contributed by atoms with Crippen molar-refractivity contribution in [3.05, 3.63) is 30.1 Å². The van der Waals surface area contributed by atoms with E-state index in [4.69, 9.17) is 0 Å². The number of aromatic nitrogens is 1. The zero-order chi connectivity index (χ0) is 10.8. The van der Waals surface area contributed by atoms with Crippen LogP contribution in [0.1, 0.15) is 31.9 Å². The Morgan fingerprint density at radius 2 is 2.20 bits per heavy atom. The lowest BCUT2D eigenvalue weighted by molar-refractivity contribution is 0.416. The Bertz CT molecular complexity index is 310. The number of rotatable bonds is 4. The van der Waals surface area contributed by atoms with E-state index in [2.05, 4.69) is 43.3 Å². The van der Waals surface area contributed by atoms with Gasteiger partial charge in [0.1, 0.15) is 0 Å². The van der Waals surface area contributed by atoms with Crippen LogP contribution in [0.2, 0.25) is 0 Å². The molecule has 1 N–H and O–H groups in total. The van der Waals surface area contributed by atoms with Crippen LogP contribution in [0.5, 0.6) is 0 Å². The third-order valence-corrected chi connectivity index (χ3v) is 3.66. The van der Waals surface area contributed by atoms with Crippen molar-refractivity contribution in [3.8, 4) is 0 Å². The summed E-state index contributed by atoms with van der Waals surface area (Å²) < 4.78 is 0. The van der Waals surface area contributed by atoms with E-state index in [1.807, 2.05) is 12.3 Å². The van der Waals surface area contributed by atoms with Crippen molar-refractivity contribution < 1.29 is 0 Å². The van der Waals surface area contributed by atoms with Gasteiger partial charge in [-0.2, -0.15) is 0 Å².